The second-order valence-corrected chi connectivity index (χ2v) is 8.68. The Balaban J connectivity index is 1.47. The Bertz CT molecular complexity index is 1620. The van der Waals surface area contributed by atoms with Crippen molar-refractivity contribution in [2.24, 2.45) is 0 Å². The smallest absolute Gasteiger partial charge is 0.251 e. The summed E-state index contributed by atoms with van der Waals surface area (Å²) in [6.45, 7) is 3.90. The van der Waals surface area contributed by atoms with Gasteiger partial charge in [-0.3, -0.25) is 14.6 Å². The zero-order valence-corrected chi connectivity index (χ0v) is 20.2. The second-order valence-electron chi connectivity index (χ2n) is 8.68. The molecule has 0 atom stereocenters. The van der Waals surface area contributed by atoms with Gasteiger partial charge in [0.25, 0.3) is 5.56 Å². The van der Waals surface area contributed by atoms with Crippen LogP contribution in [0, 0.1) is 6.92 Å². The number of hydrogen-bond acceptors (Lipinski definition) is 4. The minimum atomic E-state index is -0.195. The van der Waals surface area contributed by atoms with E-state index in [0.29, 0.717) is 17.9 Å². The van der Waals surface area contributed by atoms with Crippen LogP contribution in [-0.4, -0.2) is 20.9 Å². The number of carbonyl (C=O) groups excluding carboxylic acids is 1. The van der Waals surface area contributed by atoms with Gasteiger partial charge >= 0.3 is 0 Å². The Morgan fingerprint density at radius 1 is 0.889 bits per heavy atom. The molecule has 0 aliphatic heterocycles. The Morgan fingerprint density at radius 3 is 2.44 bits per heavy atom. The molecular formula is C30H26N4O2. The highest BCUT2D eigenvalue weighted by molar-refractivity contribution is 6.00. The van der Waals surface area contributed by atoms with Gasteiger partial charge in [0, 0.05) is 34.1 Å². The lowest BCUT2D eigenvalue weighted by atomic mass is 9.92. The summed E-state index contributed by atoms with van der Waals surface area (Å²) in [5.41, 5.74) is 6.60. The molecule has 3 aromatic carbocycles. The SMILES string of the molecule is CCc1cc(=O)[nH]c(-c2cccc(NC(=O)Cc3c(C)nc4ccccc4c3-c3ccccc3)c2)n1. The fourth-order valence-electron chi connectivity index (χ4n) is 4.46. The highest BCUT2D eigenvalue weighted by Gasteiger charge is 2.17. The number of nitrogens with one attached hydrogen (secondary N) is 2. The summed E-state index contributed by atoms with van der Waals surface area (Å²) < 4.78 is 0. The summed E-state index contributed by atoms with van der Waals surface area (Å²) in [4.78, 5) is 37.3. The van der Waals surface area contributed by atoms with E-state index in [0.717, 1.165) is 44.5 Å². The summed E-state index contributed by atoms with van der Waals surface area (Å²) in [6.07, 6.45) is 0.842. The molecule has 6 nitrogen and oxygen atoms in total. The minimum absolute atomic E-state index is 0.145. The average molecular weight is 475 g/mol. The van der Waals surface area contributed by atoms with Crippen molar-refractivity contribution in [3.63, 3.8) is 0 Å². The molecule has 36 heavy (non-hydrogen) atoms. The number of pyridine rings is 1. The number of hydrogen-bond donors (Lipinski definition) is 2. The van der Waals surface area contributed by atoms with Gasteiger partial charge in [-0.15, -0.1) is 0 Å². The van der Waals surface area contributed by atoms with Crippen molar-refractivity contribution in [2.75, 3.05) is 5.32 Å². The van der Waals surface area contributed by atoms with Crippen LogP contribution in [0.3, 0.4) is 0 Å². The molecule has 0 saturated heterocycles. The van der Waals surface area contributed by atoms with E-state index in [1.165, 1.54) is 6.07 Å². The Kier molecular flexibility index (Phi) is 6.41. The summed E-state index contributed by atoms with van der Waals surface area (Å²) in [5, 5.41) is 4.03. The van der Waals surface area contributed by atoms with Crippen molar-refractivity contribution in [3.8, 4) is 22.5 Å². The molecule has 5 aromatic rings. The number of amides is 1. The molecule has 0 saturated carbocycles. The van der Waals surface area contributed by atoms with E-state index < -0.39 is 0 Å². The molecule has 5 rings (SSSR count). The van der Waals surface area contributed by atoms with Crippen molar-refractivity contribution >= 4 is 22.5 Å². The van der Waals surface area contributed by atoms with E-state index in [4.69, 9.17) is 4.98 Å². The molecule has 0 bridgehead atoms. The van der Waals surface area contributed by atoms with E-state index in [-0.39, 0.29) is 17.9 Å². The molecule has 0 aliphatic carbocycles. The number of nitrogens with zero attached hydrogens (tertiary/aromatic N) is 2. The molecule has 178 valence electrons. The number of benzene rings is 3. The van der Waals surface area contributed by atoms with E-state index in [9.17, 15) is 9.59 Å². The molecular weight excluding hydrogens is 448 g/mol. The van der Waals surface area contributed by atoms with Gasteiger partial charge in [-0.05, 0) is 48.2 Å². The van der Waals surface area contributed by atoms with E-state index in [2.05, 4.69) is 27.4 Å². The average Bonchev–Trinajstić information content (AvgIpc) is 2.89. The third-order valence-electron chi connectivity index (χ3n) is 6.18. The van der Waals surface area contributed by atoms with Gasteiger partial charge < -0.3 is 10.3 Å². The number of aromatic amines is 1. The summed E-state index contributed by atoms with van der Waals surface area (Å²) in [6, 6.07) is 27.0. The van der Waals surface area contributed by atoms with Crippen LogP contribution < -0.4 is 10.9 Å². The largest absolute Gasteiger partial charge is 0.326 e. The van der Waals surface area contributed by atoms with Gasteiger partial charge in [-0.2, -0.15) is 0 Å². The molecule has 0 radical (unpaired) electrons. The predicted molar refractivity (Wildman–Crippen MR) is 144 cm³/mol. The molecule has 0 fully saturated rings. The van der Waals surface area contributed by atoms with Gasteiger partial charge in [-0.25, -0.2) is 4.98 Å². The molecule has 2 aromatic heterocycles. The van der Waals surface area contributed by atoms with Gasteiger partial charge in [-0.1, -0.05) is 67.6 Å². The van der Waals surface area contributed by atoms with Crippen LogP contribution in [-0.2, 0) is 17.6 Å². The highest BCUT2D eigenvalue weighted by atomic mass is 16.1. The predicted octanol–water partition coefficient (Wildman–Crippen LogP) is 5.70. The fraction of sp³-hybridized carbons (Fsp3) is 0.133. The molecule has 6 heteroatoms. The van der Waals surface area contributed by atoms with Crippen LogP contribution in [0.2, 0.25) is 0 Å². The van der Waals surface area contributed by atoms with E-state index in [1.807, 2.05) is 80.6 Å². The second kappa shape index (κ2) is 9.96. The van der Waals surface area contributed by atoms with E-state index in [1.54, 1.807) is 0 Å². The number of rotatable bonds is 6. The van der Waals surface area contributed by atoms with Gasteiger partial charge in [0.05, 0.1) is 11.9 Å². The molecule has 0 unspecified atom stereocenters. The first kappa shape index (κ1) is 23.2. The number of fused-ring (bicyclic) bond motifs is 1. The van der Waals surface area contributed by atoms with Crippen LogP contribution in [0.5, 0.6) is 0 Å². The normalized spacial score (nSPS) is 10.9. The Hall–Kier alpha value is -4.58. The van der Waals surface area contributed by atoms with Crippen molar-refractivity contribution in [1.82, 2.24) is 15.0 Å². The molecule has 2 heterocycles. The lowest BCUT2D eigenvalue weighted by Crippen LogP contribution is -2.16. The lowest BCUT2D eigenvalue weighted by molar-refractivity contribution is -0.115. The quantitative estimate of drug-likeness (QED) is 0.330. The van der Waals surface area contributed by atoms with Crippen molar-refractivity contribution in [2.45, 2.75) is 26.7 Å². The first-order valence-corrected chi connectivity index (χ1v) is 12.0. The van der Waals surface area contributed by atoms with Gasteiger partial charge in [0.15, 0.2) is 0 Å². The first-order chi connectivity index (χ1) is 17.5. The topological polar surface area (TPSA) is 87.7 Å². The van der Waals surface area contributed by atoms with Crippen LogP contribution in [0.15, 0.2) is 89.7 Å². The number of carbonyl (C=O) groups is 1. The fourth-order valence-corrected chi connectivity index (χ4v) is 4.46. The maximum Gasteiger partial charge on any atom is 0.251 e. The lowest BCUT2D eigenvalue weighted by Gasteiger charge is -2.16. The summed E-state index contributed by atoms with van der Waals surface area (Å²) in [7, 11) is 0. The third kappa shape index (κ3) is 4.79. The maximum absolute atomic E-state index is 13.2. The number of aromatic nitrogens is 3. The number of anilines is 1. The van der Waals surface area contributed by atoms with Crippen LogP contribution in [0.1, 0.15) is 23.9 Å². The number of H-pyrrole nitrogens is 1. The minimum Gasteiger partial charge on any atom is -0.326 e. The van der Waals surface area contributed by atoms with Gasteiger partial charge in [0.2, 0.25) is 5.91 Å². The van der Waals surface area contributed by atoms with Crippen molar-refractivity contribution in [1.29, 1.82) is 0 Å². The standard InChI is InChI=1S/C30H26N4O2/c1-3-22-17-27(35)34-30(33-22)21-12-9-13-23(16-21)32-28(36)18-25-19(2)31-26-15-8-7-14-24(26)29(25)20-10-5-4-6-11-20/h4-17H,3,18H2,1-2H3,(H,32,36)(H,33,34,35). The highest BCUT2D eigenvalue weighted by Crippen LogP contribution is 2.33. The Morgan fingerprint density at radius 2 is 1.64 bits per heavy atom. The van der Waals surface area contributed by atoms with Crippen LogP contribution >= 0.6 is 0 Å². The van der Waals surface area contributed by atoms with Crippen LogP contribution in [0.25, 0.3) is 33.4 Å². The molecule has 0 aliphatic rings. The zero-order valence-electron chi connectivity index (χ0n) is 20.2. The monoisotopic (exact) mass is 474 g/mol. The Labute approximate surface area is 209 Å². The number of aryl methyl sites for hydroxylation is 2. The van der Waals surface area contributed by atoms with Crippen LogP contribution in [0.4, 0.5) is 5.69 Å². The van der Waals surface area contributed by atoms with Crippen molar-refractivity contribution < 1.29 is 4.79 Å². The summed E-state index contributed by atoms with van der Waals surface area (Å²) >= 11 is 0. The van der Waals surface area contributed by atoms with Crippen molar-refractivity contribution in [3.05, 3.63) is 112 Å². The first-order valence-electron chi connectivity index (χ1n) is 12.0. The number of para-hydroxylation sites is 1. The maximum atomic E-state index is 13.2. The molecule has 1 amide bonds. The summed E-state index contributed by atoms with van der Waals surface area (Å²) in [5.74, 6) is 0.338. The van der Waals surface area contributed by atoms with E-state index >= 15 is 0 Å². The molecule has 2 N–H and O–H groups in total. The molecule has 0 spiro atoms. The third-order valence-corrected chi connectivity index (χ3v) is 6.18. The van der Waals surface area contributed by atoms with Gasteiger partial charge in [0.1, 0.15) is 5.82 Å². The zero-order chi connectivity index (χ0) is 25.1.